The van der Waals surface area contributed by atoms with Crippen LogP contribution in [0.25, 0.3) is 0 Å². The van der Waals surface area contributed by atoms with Crippen molar-refractivity contribution in [2.24, 2.45) is 0 Å². The predicted molar refractivity (Wildman–Crippen MR) is 231 cm³/mol. The maximum atomic E-state index is 12.6. The first-order valence-corrected chi connectivity index (χ1v) is 23.6. The lowest BCUT2D eigenvalue weighted by molar-refractivity contribution is -0.379. The maximum Gasteiger partial charge on any atom is 0.220 e. The highest BCUT2D eigenvalue weighted by atomic mass is 16.8. The lowest BCUT2D eigenvalue weighted by Gasteiger charge is -2.48. The van der Waals surface area contributed by atoms with Crippen LogP contribution in [-0.4, -0.2) is 193 Å². The number of hydrogen-bond acceptors (Lipinski definition) is 18. The summed E-state index contributed by atoms with van der Waals surface area (Å²) in [7, 11) is 0. The standard InChI is InChI=1S/C45H81NO18/c1-3-5-6-7-8-9-10-11-12-13-14-15-16-17-18-19-20-21-23-29(50)28(46-33(51)22-4-2)27-59-43-39(57)36(54)41(31(25-48)61-43)64-45-40(58)37(55)42(32(26-49)62-45)63-44-38(56)35(53)34(52)30(24-47)60-44/h17-18,21,23,28-32,34-45,47-50,52-58H,3-16,19-20,22,24-27H2,1-2H3,(H,46,51)/b18-17+,23-21+. The molecule has 1 amide bonds. The summed E-state index contributed by atoms with van der Waals surface area (Å²) in [5.74, 6) is -0.341. The number of unbranched alkanes of at least 4 members (excludes halogenated alkanes) is 13. The molecular weight excluding hydrogens is 842 g/mol. The van der Waals surface area contributed by atoms with Gasteiger partial charge in [0.05, 0.1) is 38.6 Å². The van der Waals surface area contributed by atoms with Gasteiger partial charge in [0, 0.05) is 6.42 Å². The second-order valence-corrected chi connectivity index (χ2v) is 17.2. The first-order valence-electron chi connectivity index (χ1n) is 23.6. The van der Waals surface area contributed by atoms with Gasteiger partial charge in [-0.15, -0.1) is 0 Å². The van der Waals surface area contributed by atoms with Crippen molar-refractivity contribution in [2.45, 2.75) is 227 Å². The molecular formula is C45H81NO18. The van der Waals surface area contributed by atoms with Crippen LogP contribution in [0, 0.1) is 0 Å². The smallest absolute Gasteiger partial charge is 0.220 e. The van der Waals surface area contributed by atoms with Gasteiger partial charge in [-0.2, -0.15) is 0 Å². The van der Waals surface area contributed by atoms with Crippen molar-refractivity contribution >= 4 is 5.91 Å². The van der Waals surface area contributed by atoms with Gasteiger partial charge in [0.2, 0.25) is 5.91 Å². The first-order chi connectivity index (χ1) is 30.8. The molecule has 0 aromatic rings. The average molecular weight is 924 g/mol. The normalized spacial score (nSPS) is 34.7. The molecule has 17 atom stereocenters. The van der Waals surface area contributed by atoms with Gasteiger partial charge >= 0.3 is 0 Å². The summed E-state index contributed by atoms with van der Waals surface area (Å²) in [6.45, 7) is 1.27. The van der Waals surface area contributed by atoms with Gasteiger partial charge in [-0.25, -0.2) is 0 Å². The maximum absolute atomic E-state index is 12.6. The molecule has 0 bridgehead atoms. The molecule has 3 fully saturated rings. The van der Waals surface area contributed by atoms with Crippen molar-refractivity contribution in [3.63, 3.8) is 0 Å². The lowest BCUT2D eigenvalue weighted by Crippen LogP contribution is -2.66. The van der Waals surface area contributed by atoms with E-state index in [2.05, 4.69) is 24.4 Å². The molecule has 374 valence electrons. The minimum absolute atomic E-state index is 0.186. The summed E-state index contributed by atoms with van der Waals surface area (Å²) in [4.78, 5) is 12.6. The number of amides is 1. The van der Waals surface area contributed by atoms with Gasteiger partial charge in [-0.1, -0.05) is 109 Å². The Hall–Kier alpha value is -1.73. The molecule has 0 aromatic heterocycles. The van der Waals surface area contributed by atoms with Crippen LogP contribution in [0.15, 0.2) is 24.3 Å². The third-order valence-electron chi connectivity index (χ3n) is 12.0. The van der Waals surface area contributed by atoms with Crippen LogP contribution in [0.5, 0.6) is 0 Å². The van der Waals surface area contributed by atoms with Crippen LogP contribution in [0.3, 0.4) is 0 Å². The molecule has 0 spiro atoms. The van der Waals surface area contributed by atoms with Crippen LogP contribution in [-0.2, 0) is 33.2 Å². The quantitative estimate of drug-likeness (QED) is 0.0324. The Morgan fingerprint density at radius 1 is 0.547 bits per heavy atom. The van der Waals surface area contributed by atoms with Crippen LogP contribution in [0.4, 0.5) is 0 Å². The summed E-state index contributed by atoms with van der Waals surface area (Å²) in [6.07, 6.45) is -0.267. The Bertz CT molecular complexity index is 1290. The third-order valence-corrected chi connectivity index (χ3v) is 12.0. The molecule has 0 saturated carbocycles. The molecule has 3 aliphatic heterocycles. The summed E-state index contributed by atoms with van der Waals surface area (Å²) in [5.41, 5.74) is 0. The molecule has 0 radical (unpaired) electrons. The molecule has 3 aliphatic rings. The van der Waals surface area contributed by atoms with E-state index in [0.717, 1.165) is 19.3 Å². The van der Waals surface area contributed by atoms with Crippen molar-refractivity contribution in [1.82, 2.24) is 5.32 Å². The summed E-state index contributed by atoms with van der Waals surface area (Å²) < 4.78 is 33.7. The number of rotatable bonds is 31. The first kappa shape index (κ1) is 56.6. The van der Waals surface area contributed by atoms with E-state index >= 15 is 0 Å². The van der Waals surface area contributed by atoms with Gasteiger partial charge in [0.25, 0.3) is 0 Å². The van der Waals surface area contributed by atoms with Crippen LogP contribution in [0.2, 0.25) is 0 Å². The van der Waals surface area contributed by atoms with Crippen molar-refractivity contribution in [2.75, 3.05) is 26.4 Å². The van der Waals surface area contributed by atoms with Crippen LogP contribution in [0.1, 0.15) is 123 Å². The highest BCUT2D eigenvalue weighted by molar-refractivity contribution is 5.76. The molecule has 64 heavy (non-hydrogen) atoms. The second kappa shape index (κ2) is 31.3. The number of allylic oxidation sites excluding steroid dienone is 3. The molecule has 0 aliphatic carbocycles. The zero-order chi connectivity index (χ0) is 47.0. The molecule has 19 heteroatoms. The lowest BCUT2D eigenvalue weighted by atomic mass is 9.96. The summed E-state index contributed by atoms with van der Waals surface area (Å²) in [5, 5.41) is 118. The zero-order valence-corrected chi connectivity index (χ0v) is 37.8. The van der Waals surface area contributed by atoms with E-state index < -0.39 is 124 Å². The van der Waals surface area contributed by atoms with Gasteiger partial charge in [-0.05, 0) is 32.1 Å². The van der Waals surface area contributed by atoms with E-state index in [1.54, 1.807) is 12.2 Å². The SMILES string of the molecule is CCCCCCCCCCCCCC/C=C/CC/C=C/C(O)C(COC1OC(CO)C(OC2OC(CO)C(OC3OC(CO)C(O)C(O)C3O)C(O)C2O)C(O)C1O)NC(=O)CCC. The summed E-state index contributed by atoms with van der Waals surface area (Å²) in [6, 6.07) is -0.980. The van der Waals surface area contributed by atoms with Gasteiger partial charge < -0.3 is 89.9 Å². The monoisotopic (exact) mass is 924 g/mol. The Morgan fingerprint density at radius 2 is 1.00 bits per heavy atom. The van der Waals surface area contributed by atoms with Crippen molar-refractivity contribution in [1.29, 1.82) is 0 Å². The number of ether oxygens (including phenoxy) is 6. The predicted octanol–water partition coefficient (Wildman–Crippen LogP) is 0.0809. The fraction of sp³-hybridized carbons (Fsp3) is 0.889. The fourth-order valence-electron chi connectivity index (χ4n) is 8.01. The molecule has 3 heterocycles. The molecule has 3 rings (SSSR count). The Morgan fingerprint density at radius 3 is 1.53 bits per heavy atom. The fourth-order valence-corrected chi connectivity index (χ4v) is 8.01. The minimum Gasteiger partial charge on any atom is -0.394 e. The number of hydrogen-bond donors (Lipinski definition) is 12. The summed E-state index contributed by atoms with van der Waals surface area (Å²) >= 11 is 0. The Kier molecular flexibility index (Phi) is 27.7. The number of carbonyl (C=O) groups is 1. The van der Waals surface area contributed by atoms with E-state index in [4.69, 9.17) is 28.4 Å². The number of nitrogens with one attached hydrogen (secondary N) is 1. The molecule has 3 saturated heterocycles. The van der Waals surface area contributed by atoms with Gasteiger partial charge in [0.1, 0.15) is 73.2 Å². The second-order valence-electron chi connectivity index (χ2n) is 17.2. The zero-order valence-electron chi connectivity index (χ0n) is 37.8. The van der Waals surface area contributed by atoms with Crippen molar-refractivity contribution in [3.05, 3.63) is 24.3 Å². The van der Waals surface area contributed by atoms with E-state index in [1.165, 1.54) is 70.6 Å². The highest BCUT2D eigenvalue weighted by Gasteiger charge is 2.53. The topological polar surface area (TPSA) is 307 Å². The number of aliphatic hydroxyl groups excluding tert-OH is 11. The average Bonchev–Trinajstić information content (AvgIpc) is 3.28. The third kappa shape index (κ3) is 18.1. The van der Waals surface area contributed by atoms with Crippen LogP contribution < -0.4 is 5.32 Å². The van der Waals surface area contributed by atoms with E-state index in [0.29, 0.717) is 12.8 Å². The van der Waals surface area contributed by atoms with Crippen molar-refractivity contribution in [3.8, 4) is 0 Å². The highest BCUT2D eigenvalue weighted by Crippen LogP contribution is 2.33. The largest absolute Gasteiger partial charge is 0.394 e. The van der Waals surface area contributed by atoms with E-state index in [9.17, 15) is 61.0 Å². The van der Waals surface area contributed by atoms with Crippen molar-refractivity contribution < 1.29 is 89.4 Å². The number of aliphatic hydroxyl groups is 11. The van der Waals surface area contributed by atoms with E-state index in [-0.39, 0.29) is 18.9 Å². The van der Waals surface area contributed by atoms with Crippen LogP contribution >= 0.6 is 0 Å². The molecule has 0 aromatic carbocycles. The molecule has 17 unspecified atom stereocenters. The molecule has 19 nitrogen and oxygen atoms in total. The Balaban J connectivity index is 1.48. The van der Waals surface area contributed by atoms with Gasteiger partial charge in [0.15, 0.2) is 18.9 Å². The molecule has 12 N–H and O–H groups in total. The van der Waals surface area contributed by atoms with Gasteiger partial charge in [-0.3, -0.25) is 4.79 Å². The Labute approximate surface area is 378 Å². The van der Waals surface area contributed by atoms with E-state index in [1.807, 2.05) is 6.92 Å². The number of carbonyl (C=O) groups excluding carboxylic acids is 1. The minimum atomic E-state index is -1.97.